The first kappa shape index (κ1) is 18.1. The minimum absolute atomic E-state index is 0.108. The molecule has 1 aromatic carbocycles. The second-order valence-corrected chi connectivity index (χ2v) is 6.56. The fourth-order valence-corrected chi connectivity index (χ4v) is 3.36. The zero-order chi connectivity index (χ0) is 18.8. The first-order chi connectivity index (χ1) is 12.3. The summed E-state index contributed by atoms with van der Waals surface area (Å²) in [6.45, 7) is 3.17. The number of nitrogens with one attached hydrogen (secondary N) is 2. The summed E-state index contributed by atoms with van der Waals surface area (Å²) in [6, 6.07) is 2.05. The molecule has 2 heterocycles. The van der Waals surface area contributed by atoms with Gasteiger partial charge in [0.25, 0.3) is 5.91 Å². The molecule has 0 bridgehead atoms. The molecule has 0 saturated carbocycles. The third kappa shape index (κ3) is 3.92. The number of benzene rings is 1. The van der Waals surface area contributed by atoms with E-state index in [1.807, 2.05) is 11.8 Å². The van der Waals surface area contributed by atoms with Gasteiger partial charge in [-0.1, -0.05) is 0 Å². The van der Waals surface area contributed by atoms with Crippen molar-refractivity contribution in [3.8, 4) is 0 Å². The van der Waals surface area contributed by atoms with E-state index in [0.717, 1.165) is 6.07 Å². The fraction of sp³-hybridized carbons (Fsp3) is 0.471. The molecule has 1 unspecified atom stereocenters. The van der Waals surface area contributed by atoms with Crippen molar-refractivity contribution >= 4 is 23.5 Å². The van der Waals surface area contributed by atoms with Crippen LogP contribution in [-0.2, 0) is 9.59 Å². The molecule has 140 valence electrons. The van der Waals surface area contributed by atoms with Crippen molar-refractivity contribution in [1.82, 2.24) is 15.5 Å². The van der Waals surface area contributed by atoms with Crippen molar-refractivity contribution in [3.05, 3.63) is 29.8 Å². The van der Waals surface area contributed by atoms with E-state index in [9.17, 15) is 23.2 Å². The molecule has 9 heteroatoms. The van der Waals surface area contributed by atoms with Gasteiger partial charge in [-0.15, -0.1) is 0 Å². The Morgan fingerprint density at radius 1 is 1.19 bits per heavy atom. The molecular weight excluding hydrogens is 346 g/mol. The first-order valence-electron chi connectivity index (χ1n) is 8.45. The number of piperazine rings is 1. The van der Waals surface area contributed by atoms with Crippen LogP contribution in [-0.4, -0.2) is 54.5 Å². The monoisotopic (exact) mass is 366 g/mol. The molecule has 7 nitrogen and oxygen atoms in total. The lowest BCUT2D eigenvalue weighted by Gasteiger charge is -2.41. The highest BCUT2D eigenvalue weighted by Gasteiger charge is 2.31. The SMILES string of the molecule is C[C@@H]1CN(C(=O)CCC2NC(=O)NC2=O)CCN1c1cc(F)cc(F)c1. The molecule has 2 saturated heterocycles. The van der Waals surface area contributed by atoms with Gasteiger partial charge in [0.15, 0.2) is 0 Å². The Balaban J connectivity index is 1.55. The van der Waals surface area contributed by atoms with Crippen LogP contribution in [0.5, 0.6) is 0 Å². The van der Waals surface area contributed by atoms with Crippen LogP contribution in [0.3, 0.4) is 0 Å². The van der Waals surface area contributed by atoms with Crippen LogP contribution in [0.2, 0.25) is 0 Å². The molecule has 2 aliphatic heterocycles. The van der Waals surface area contributed by atoms with E-state index in [-0.39, 0.29) is 24.8 Å². The average Bonchev–Trinajstić information content (AvgIpc) is 2.89. The molecule has 2 atom stereocenters. The molecule has 26 heavy (non-hydrogen) atoms. The summed E-state index contributed by atoms with van der Waals surface area (Å²) in [5, 5.41) is 4.59. The molecular formula is C17H20F2N4O3. The van der Waals surface area contributed by atoms with Gasteiger partial charge < -0.3 is 15.1 Å². The van der Waals surface area contributed by atoms with Crippen LogP contribution >= 0.6 is 0 Å². The van der Waals surface area contributed by atoms with Crippen molar-refractivity contribution in [3.63, 3.8) is 0 Å². The minimum Gasteiger partial charge on any atom is -0.365 e. The second kappa shape index (κ2) is 7.27. The largest absolute Gasteiger partial charge is 0.365 e. The lowest BCUT2D eigenvalue weighted by Crippen LogP contribution is -2.54. The van der Waals surface area contributed by atoms with Crippen molar-refractivity contribution in [2.24, 2.45) is 0 Å². The molecule has 0 spiro atoms. The van der Waals surface area contributed by atoms with Crippen LogP contribution < -0.4 is 15.5 Å². The molecule has 0 aliphatic carbocycles. The van der Waals surface area contributed by atoms with Gasteiger partial charge >= 0.3 is 6.03 Å². The number of nitrogens with zero attached hydrogens (tertiary/aromatic N) is 2. The zero-order valence-corrected chi connectivity index (χ0v) is 14.3. The van der Waals surface area contributed by atoms with Gasteiger partial charge in [-0.25, -0.2) is 13.6 Å². The van der Waals surface area contributed by atoms with Crippen LogP contribution in [0.4, 0.5) is 19.3 Å². The Hall–Kier alpha value is -2.71. The van der Waals surface area contributed by atoms with E-state index in [4.69, 9.17) is 0 Å². The summed E-state index contributed by atoms with van der Waals surface area (Å²) >= 11 is 0. The first-order valence-corrected chi connectivity index (χ1v) is 8.45. The summed E-state index contributed by atoms with van der Waals surface area (Å²) in [5.41, 5.74) is 0.451. The normalized spacial score (nSPS) is 23.0. The predicted molar refractivity (Wildman–Crippen MR) is 89.4 cm³/mol. The number of imide groups is 1. The average molecular weight is 366 g/mol. The van der Waals surface area contributed by atoms with Crippen LogP contribution in [0.15, 0.2) is 18.2 Å². The maximum absolute atomic E-state index is 13.4. The van der Waals surface area contributed by atoms with Gasteiger partial charge in [0.2, 0.25) is 5.91 Å². The van der Waals surface area contributed by atoms with Gasteiger partial charge in [-0.3, -0.25) is 14.9 Å². The predicted octanol–water partition coefficient (Wildman–Crippen LogP) is 0.990. The highest BCUT2D eigenvalue weighted by molar-refractivity contribution is 6.04. The van der Waals surface area contributed by atoms with E-state index < -0.39 is 29.6 Å². The van der Waals surface area contributed by atoms with Gasteiger partial charge in [0, 0.05) is 43.9 Å². The molecule has 1 aromatic rings. The van der Waals surface area contributed by atoms with Gasteiger partial charge in [0.1, 0.15) is 17.7 Å². The highest BCUT2D eigenvalue weighted by atomic mass is 19.1. The molecule has 4 amide bonds. The number of carbonyl (C=O) groups is 3. The second-order valence-electron chi connectivity index (χ2n) is 6.56. The third-order valence-electron chi connectivity index (χ3n) is 4.66. The number of halogens is 2. The summed E-state index contributed by atoms with van der Waals surface area (Å²) in [4.78, 5) is 38.5. The summed E-state index contributed by atoms with van der Waals surface area (Å²) < 4.78 is 26.9. The summed E-state index contributed by atoms with van der Waals surface area (Å²) in [5.74, 6) is -1.81. The Bertz CT molecular complexity index is 722. The number of rotatable bonds is 4. The highest BCUT2D eigenvalue weighted by Crippen LogP contribution is 2.23. The lowest BCUT2D eigenvalue weighted by atomic mass is 10.1. The fourth-order valence-electron chi connectivity index (χ4n) is 3.36. The Kier molecular flexibility index (Phi) is 5.06. The van der Waals surface area contributed by atoms with Crippen LogP contribution in [0.25, 0.3) is 0 Å². The summed E-state index contributed by atoms with van der Waals surface area (Å²) in [7, 11) is 0. The number of hydrogen-bond donors (Lipinski definition) is 2. The van der Waals surface area contributed by atoms with E-state index in [2.05, 4.69) is 10.6 Å². The standard InChI is InChI=1S/C17H20F2N4O3/c1-10-9-22(15(24)3-2-14-16(25)21-17(26)20-14)4-5-23(10)13-7-11(18)6-12(19)8-13/h6-8,10,14H,2-5,9H2,1H3,(H2,20,21,25,26)/t10-,14?/m1/s1. The number of carbonyl (C=O) groups excluding carboxylic acids is 3. The Labute approximate surface area is 149 Å². The number of amides is 4. The Morgan fingerprint density at radius 2 is 1.88 bits per heavy atom. The number of hydrogen-bond acceptors (Lipinski definition) is 4. The van der Waals surface area contributed by atoms with Crippen LogP contribution in [0.1, 0.15) is 19.8 Å². The molecule has 2 fully saturated rings. The maximum atomic E-state index is 13.4. The Morgan fingerprint density at radius 3 is 2.46 bits per heavy atom. The van der Waals surface area contributed by atoms with Crippen LogP contribution in [0, 0.1) is 11.6 Å². The van der Waals surface area contributed by atoms with Gasteiger partial charge in [0.05, 0.1) is 0 Å². The molecule has 0 aromatic heterocycles. The minimum atomic E-state index is -0.680. The van der Waals surface area contributed by atoms with E-state index in [1.54, 1.807) is 4.90 Å². The third-order valence-corrected chi connectivity index (χ3v) is 4.66. The van der Waals surface area contributed by atoms with E-state index in [0.29, 0.717) is 25.3 Å². The zero-order valence-electron chi connectivity index (χ0n) is 14.3. The van der Waals surface area contributed by atoms with E-state index in [1.165, 1.54) is 12.1 Å². The van der Waals surface area contributed by atoms with Gasteiger partial charge in [-0.05, 0) is 25.5 Å². The number of anilines is 1. The molecule has 3 rings (SSSR count). The summed E-state index contributed by atoms with van der Waals surface area (Å²) in [6.07, 6.45) is 0.375. The van der Waals surface area contributed by atoms with E-state index >= 15 is 0 Å². The molecule has 2 N–H and O–H groups in total. The van der Waals surface area contributed by atoms with Crippen molar-refractivity contribution in [2.75, 3.05) is 24.5 Å². The lowest BCUT2D eigenvalue weighted by molar-refractivity contribution is -0.132. The number of urea groups is 1. The molecule has 2 aliphatic rings. The van der Waals surface area contributed by atoms with Crippen molar-refractivity contribution in [1.29, 1.82) is 0 Å². The molecule has 0 radical (unpaired) electrons. The topological polar surface area (TPSA) is 81.8 Å². The quantitative estimate of drug-likeness (QED) is 0.779. The van der Waals surface area contributed by atoms with Crippen molar-refractivity contribution < 1.29 is 23.2 Å². The van der Waals surface area contributed by atoms with Crippen molar-refractivity contribution in [2.45, 2.75) is 31.8 Å². The maximum Gasteiger partial charge on any atom is 0.322 e. The smallest absolute Gasteiger partial charge is 0.322 e. The van der Waals surface area contributed by atoms with Gasteiger partial charge in [-0.2, -0.15) is 0 Å².